The molecule has 6 heteroatoms. The van der Waals surface area contributed by atoms with Crippen LogP contribution < -0.4 is 0 Å². The van der Waals surface area contributed by atoms with Crippen LogP contribution in [-0.4, -0.2) is 28.7 Å². The summed E-state index contributed by atoms with van der Waals surface area (Å²) in [4.78, 5) is 9.69. The number of hydrogen-bond donors (Lipinski definition) is 0. The van der Waals surface area contributed by atoms with Crippen molar-refractivity contribution in [2.24, 2.45) is 0 Å². The van der Waals surface area contributed by atoms with Crippen molar-refractivity contribution < 1.29 is 0 Å². The van der Waals surface area contributed by atoms with Crippen LogP contribution in [0.4, 0.5) is 0 Å². The van der Waals surface area contributed by atoms with E-state index in [1.807, 2.05) is 41.2 Å². The number of aromatic nitrogens is 6. The molecular weight excluding hydrogens is 649 g/mol. The lowest BCUT2D eigenvalue weighted by Crippen LogP contribution is -1.97. The van der Waals surface area contributed by atoms with Gasteiger partial charge in [0.2, 0.25) is 0 Å². The van der Waals surface area contributed by atoms with E-state index >= 15 is 0 Å². The van der Waals surface area contributed by atoms with E-state index in [2.05, 4.69) is 160 Å². The maximum Gasteiger partial charge on any atom is 0.254 e. The summed E-state index contributed by atoms with van der Waals surface area (Å²) >= 11 is 0. The molecular formula is C47H30N6. The zero-order valence-corrected chi connectivity index (χ0v) is 28.5. The third-order valence-corrected chi connectivity index (χ3v) is 10.4. The average molecular weight is 679 g/mol. The van der Waals surface area contributed by atoms with Crippen molar-refractivity contribution >= 4 is 49.3 Å². The van der Waals surface area contributed by atoms with Gasteiger partial charge in [-0.25, -0.2) is 4.52 Å². The molecule has 0 spiro atoms. The Morgan fingerprint density at radius 1 is 0.415 bits per heavy atom. The van der Waals surface area contributed by atoms with Gasteiger partial charge in [0.1, 0.15) is 0 Å². The van der Waals surface area contributed by atoms with Gasteiger partial charge in [0.05, 0.1) is 27.8 Å². The minimum absolute atomic E-state index is 0.636. The van der Waals surface area contributed by atoms with Gasteiger partial charge in [0, 0.05) is 50.8 Å². The van der Waals surface area contributed by atoms with Crippen LogP contribution in [0, 0.1) is 0 Å². The van der Waals surface area contributed by atoms with Crippen molar-refractivity contribution in [3.05, 3.63) is 182 Å². The molecule has 11 rings (SSSR count). The fraction of sp³-hybridized carbons (Fsp3) is 0. The van der Waals surface area contributed by atoms with Crippen LogP contribution in [0.1, 0.15) is 0 Å². The molecule has 0 bridgehead atoms. The van der Waals surface area contributed by atoms with Crippen molar-refractivity contribution in [3.8, 4) is 45.1 Å². The molecule has 5 heterocycles. The summed E-state index contributed by atoms with van der Waals surface area (Å²) in [7, 11) is 0. The number of nitrogens with zero attached hydrogens (tertiary/aromatic N) is 6. The fourth-order valence-electron chi connectivity index (χ4n) is 7.94. The van der Waals surface area contributed by atoms with Crippen molar-refractivity contribution in [1.82, 2.24) is 28.7 Å². The van der Waals surface area contributed by atoms with Crippen LogP contribution >= 0.6 is 0 Å². The monoisotopic (exact) mass is 678 g/mol. The summed E-state index contributed by atoms with van der Waals surface area (Å²) in [6, 6.07) is 60.0. The lowest BCUT2D eigenvalue weighted by atomic mass is 10.0. The normalized spacial score (nSPS) is 11.8. The molecule has 5 aromatic heterocycles. The largest absolute Gasteiger partial charge is 0.309 e. The Bertz CT molecular complexity index is 3150. The molecule has 0 aliphatic heterocycles. The Morgan fingerprint density at radius 2 is 1.00 bits per heavy atom. The quantitative estimate of drug-likeness (QED) is 0.182. The smallest absolute Gasteiger partial charge is 0.254 e. The predicted octanol–water partition coefficient (Wildman–Crippen LogP) is 11.3. The van der Waals surface area contributed by atoms with Crippen LogP contribution in [0.2, 0.25) is 0 Å². The summed E-state index contributed by atoms with van der Waals surface area (Å²) in [6.07, 6.45) is 3.79. The molecule has 0 aliphatic rings. The van der Waals surface area contributed by atoms with E-state index in [9.17, 15) is 0 Å². The van der Waals surface area contributed by atoms with Crippen molar-refractivity contribution in [2.75, 3.05) is 0 Å². The summed E-state index contributed by atoms with van der Waals surface area (Å²) in [5, 5.41) is 9.84. The highest BCUT2D eigenvalue weighted by molar-refractivity contribution is 6.12. The van der Waals surface area contributed by atoms with Crippen LogP contribution in [-0.2, 0) is 0 Å². The van der Waals surface area contributed by atoms with E-state index in [0.29, 0.717) is 5.95 Å². The van der Waals surface area contributed by atoms with Gasteiger partial charge in [-0.1, -0.05) is 97.1 Å². The average Bonchev–Trinajstić information content (AvgIpc) is 3.91. The molecule has 0 unspecified atom stereocenters. The minimum atomic E-state index is 0.636. The van der Waals surface area contributed by atoms with E-state index in [1.165, 1.54) is 32.9 Å². The molecule has 0 amide bonds. The zero-order valence-electron chi connectivity index (χ0n) is 28.5. The summed E-state index contributed by atoms with van der Waals surface area (Å²) < 4.78 is 6.43. The van der Waals surface area contributed by atoms with E-state index in [1.54, 1.807) is 0 Å². The highest BCUT2D eigenvalue weighted by atomic mass is 15.4. The van der Waals surface area contributed by atoms with Crippen LogP contribution in [0.15, 0.2) is 182 Å². The van der Waals surface area contributed by atoms with Crippen LogP contribution in [0.5, 0.6) is 0 Å². The molecule has 0 atom stereocenters. The maximum atomic E-state index is 5.18. The van der Waals surface area contributed by atoms with Gasteiger partial charge >= 0.3 is 0 Å². The molecule has 6 aromatic carbocycles. The van der Waals surface area contributed by atoms with Gasteiger partial charge in [-0.3, -0.25) is 9.55 Å². The zero-order chi connectivity index (χ0) is 34.9. The molecule has 248 valence electrons. The molecule has 0 saturated carbocycles. The van der Waals surface area contributed by atoms with E-state index < -0.39 is 0 Å². The maximum absolute atomic E-state index is 5.18. The fourth-order valence-corrected chi connectivity index (χ4v) is 7.94. The number of pyridine rings is 2. The summed E-state index contributed by atoms with van der Waals surface area (Å²) in [5.41, 5.74) is 13.0. The topological polar surface area (TPSA) is 52.9 Å². The number of benzene rings is 6. The first-order valence-electron chi connectivity index (χ1n) is 17.8. The second kappa shape index (κ2) is 11.6. The first-order valence-corrected chi connectivity index (χ1v) is 17.8. The lowest BCUT2D eigenvalue weighted by molar-refractivity contribution is 0.916. The highest BCUT2D eigenvalue weighted by Gasteiger charge is 2.19. The highest BCUT2D eigenvalue weighted by Crippen LogP contribution is 2.38. The van der Waals surface area contributed by atoms with Crippen LogP contribution in [0.3, 0.4) is 0 Å². The molecule has 11 aromatic rings. The van der Waals surface area contributed by atoms with Gasteiger partial charge in [0.15, 0.2) is 5.65 Å². The molecule has 0 fully saturated rings. The van der Waals surface area contributed by atoms with Crippen LogP contribution in [0.25, 0.3) is 94.4 Å². The Hall–Kier alpha value is -7.31. The minimum Gasteiger partial charge on any atom is -0.309 e. The number of hydrogen-bond acceptors (Lipinski definition) is 3. The van der Waals surface area contributed by atoms with Gasteiger partial charge < -0.3 is 4.57 Å². The number of rotatable bonds is 5. The Morgan fingerprint density at radius 3 is 1.70 bits per heavy atom. The van der Waals surface area contributed by atoms with Gasteiger partial charge in [-0.2, -0.15) is 4.98 Å². The molecule has 6 nitrogen and oxygen atoms in total. The molecule has 0 saturated heterocycles. The number of para-hydroxylation sites is 3. The second-order valence-corrected chi connectivity index (χ2v) is 13.4. The van der Waals surface area contributed by atoms with Gasteiger partial charge in [-0.05, 0) is 89.5 Å². The van der Waals surface area contributed by atoms with E-state index in [4.69, 9.17) is 10.1 Å². The Balaban J connectivity index is 1.04. The molecule has 0 aliphatic carbocycles. The van der Waals surface area contributed by atoms with Gasteiger partial charge in [0.25, 0.3) is 5.95 Å². The number of fused-ring (bicyclic) bond motifs is 7. The third kappa shape index (κ3) is 4.63. The Labute approximate surface area is 304 Å². The predicted molar refractivity (Wildman–Crippen MR) is 216 cm³/mol. The summed E-state index contributed by atoms with van der Waals surface area (Å²) in [6.45, 7) is 0. The lowest BCUT2D eigenvalue weighted by Gasteiger charge is -2.08. The first kappa shape index (κ1) is 29.4. The van der Waals surface area contributed by atoms with Crippen molar-refractivity contribution in [1.29, 1.82) is 0 Å². The second-order valence-electron chi connectivity index (χ2n) is 13.4. The Kier molecular flexibility index (Phi) is 6.45. The summed E-state index contributed by atoms with van der Waals surface area (Å²) in [5.74, 6) is 0.636. The SMILES string of the molecule is c1ccc(-n2c3ccccc3c3cc(-c4ccc5c(c4)c4ccccc4n5-c4nc5c(-c6ccc(-c7ccccn7)cc6)cccn5n4)ccc32)cc1. The molecule has 0 radical (unpaired) electrons. The van der Waals surface area contributed by atoms with E-state index in [0.717, 1.165) is 55.5 Å². The van der Waals surface area contributed by atoms with Crippen molar-refractivity contribution in [2.45, 2.75) is 0 Å². The standard InChI is InChI=1S/C47H30N6/c1-2-11-35(12-3-1)52-42-17-6-4-13-37(42)39-29-33(23-25-44(39)52)34-24-26-45-40(30-34)38-14-5-7-18-43(38)53(45)47-49-46-36(15-10-28-51(46)50-47)31-19-21-32(22-20-31)41-16-8-9-27-48-41/h1-30H. The molecule has 0 N–H and O–H groups in total. The van der Waals surface area contributed by atoms with Gasteiger partial charge in [-0.15, -0.1) is 5.10 Å². The van der Waals surface area contributed by atoms with Crippen molar-refractivity contribution in [3.63, 3.8) is 0 Å². The third-order valence-electron chi connectivity index (χ3n) is 10.4. The molecule has 53 heavy (non-hydrogen) atoms. The van der Waals surface area contributed by atoms with E-state index in [-0.39, 0.29) is 0 Å². The first-order chi connectivity index (χ1) is 26.3.